The lowest BCUT2D eigenvalue weighted by molar-refractivity contribution is -0.137. The summed E-state index contributed by atoms with van der Waals surface area (Å²) < 4.78 is 0. The summed E-state index contributed by atoms with van der Waals surface area (Å²) in [5, 5.41) is 56.9. The molecular weight excluding hydrogens is 1120 g/mol. The zero-order chi connectivity index (χ0) is 65.8. The molecule has 31 heteroatoms. The second kappa shape index (κ2) is 43.1. The first-order chi connectivity index (χ1) is 40.4. The van der Waals surface area contributed by atoms with E-state index in [9.17, 15) is 63.0 Å². The summed E-state index contributed by atoms with van der Waals surface area (Å²) in [4.78, 5) is 162. The highest BCUT2D eigenvalue weighted by molar-refractivity contribution is 5.99. The molecule has 494 valence electrons. The summed E-state index contributed by atoms with van der Waals surface area (Å²) in [5.41, 5.74) is 29.2. The maximum atomic E-state index is 14.4. The number of aliphatic hydroxyl groups excluding tert-OH is 2. The summed E-state index contributed by atoms with van der Waals surface area (Å²) in [7, 11) is 0. The topological polar surface area (TPSA) is 528 Å². The number of nitrogens with one attached hydrogen (secondary N) is 11. The highest BCUT2D eigenvalue weighted by Crippen LogP contribution is 2.14. The number of hydrogen-bond donors (Lipinski definition) is 19. The second-order valence-electron chi connectivity index (χ2n) is 22.5. The van der Waals surface area contributed by atoms with Crippen LogP contribution in [0.3, 0.4) is 0 Å². The highest BCUT2D eigenvalue weighted by atomic mass is 16.4. The van der Waals surface area contributed by atoms with Crippen molar-refractivity contribution in [2.24, 2.45) is 46.4 Å². The molecule has 1 fully saturated rings. The lowest BCUT2D eigenvalue weighted by atomic mass is 9.99. The average Bonchev–Trinajstić information content (AvgIpc) is 3.36. The molecule has 31 nitrogen and oxygen atoms in total. The Kier molecular flexibility index (Phi) is 39.7. The van der Waals surface area contributed by atoms with Gasteiger partial charge in [0, 0.05) is 19.9 Å². The molecule has 0 unspecified atom stereocenters. The first kappa shape index (κ1) is 79.4. The van der Waals surface area contributed by atoms with Crippen LogP contribution in [0.4, 0.5) is 0 Å². The van der Waals surface area contributed by atoms with Gasteiger partial charge in [-0.1, -0.05) is 60.8 Å². The van der Waals surface area contributed by atoms with Crippen LogP contribution in [0.15, 0.2) is 0 Å². The molecule has 1 aliphatic heterocycles. The predicted octanol–water partition coefficient (Wildman–Crippen LogP) is -5.35. The Balaban J connectivity index is 0.0000175. The number of nitrogens with two attached hydrogens (primary N) is 5. The second-order valence-corrected chi connectivity index (χ2v) is 22.5. The van der Waals surface area contributed by atoms with Crippen molar-refractivity contribution in [3.63, 3.8) is 0 Å². The van der Waals surface area contributed by atoms with Crippen LogP contribution in [0.2, 0.25) is 0 Å². The lowest BCUT2D eigenvalue weighted by Crippen LogP contribution is -2.62. The molecule has 0 aliphatic carbocycles. The highest BCUT2D eigenvalue weighted by Gasteiger charge is 2.37. The molecule has 0 bridgehead atoms. The number of carbonyl (C=O) groups excluding carboxylic acids is 11. The molecule has 1 saturated heterocycles. The van der Waals surface area contributed by atoms with Crippen LogP contribution in [0.1, 0.15) is 146 Å². The Morgan fingerprint density at radius 1 is 0.535 bits per heavy atom. The third-order valence-corrected chi connectivity index (χ3v) is 13.7. The van der Waals surface area contributed by atoms with Gasteiger partial charge in [-0.3, -0.25) is 57.5 Å². The molecule has 1 rings (SSSR count). The van der Waals surface area contributed by atoms with E-state index in [4.69, 9.17) is 38.6 Å². The normalized spacial score (nSPS) is 22.6. The smallest absolute Gasteiger partial charge is 0.300 e. The first-order valence-corrected chi connectivity index (χ1v) is 29.8. The summed E-state index contributed by atoms with van der Waals surface area (Å²) in [6.45, 7) is 13.7. The number of carbonyl (C=O) groups is 12. The fourth-order valence-electron chi connectivity index (χ4n) is 8.76. The number of carboxylic acids is 1. The van der Waals surface area contributed by atoms with Crippen LogP contribution in [0.25, 0.3) is 0 Å². The maximum Gasteiger partial charge on any atom is 0.300 e. The van der Waals surface area contributed by atoms with E-state index in [2.05, 4.69) is 72.3 Å². The van der Waals surface area contributed by atoms with E-state index >= 15 is 0 Å². The molecule has 24 N–H and O–H groups in total. The first-order valence-electron chi connectivity index (χ1n) is 29.8. The van der Waals surface area contributed by atoms with Crippen molar-refractivity contribution in [3.05, 3.63) is 0 Å². The van der Waals surface area contributed by atoms with Crippen LogP contribution in [0.5, 0.6) is 0 Å². The van der Waals surface area contributed by atoms with Crippen LogP contribution < -0.4 is 87.2 Å². The molecule has 86 heavy (non-hydrogen) atoms. The van der Waals surface area contributed by atoms with Crippen molar-refractivity contribution in [2.45, 2.75) is 218 Å². The predicted molar refractivity (Wildman–Crippen MR) is 319 cm³/mol. The van der Waals surface area contributed by atoms with Gasteiger partial charge in [-0.25, -0.2) is 0 Å². The van der Waals surface area contributed by atoms with Gasteiger partial charge >= 0.3 is 0 Å². The average molecular weight is 1230 g/mol. The Bertz CT molecular complexity index is 2170. The minimum atomic E-state index is -1.69. The van der Waals surface area contributed by atoms with Gasteiger partial charge in [0.25, 0.3) is 5.97 Å². The maximum absolute atomic E-state index is 14.4. The Morgan fingerprint density at radius 3 is 1.36 bits per heavy atom. The van der Waals surface area contributed by atoms with Gasteiger partial charge in [0.1, 0.15) is 60.4 Å². The number of aliphatic carboxylic acids is 1. The number of hydrogen-bond acceptors (Lipinski definition) is 19. The van der Waals surface area contributed by atoms with Crippen molar-refractivity contribution in [1.82, 2.24) is 58.5 Å². The van der Waals surface area contributed by atoms with Gasteiger partial charge in [-0.15, -0.1) is 0 Å². The standard InChI is InChI=1S/C53H100N16O13.C2H4O2/c1-9-30(6)12-10-11-13-41(72)60-33(14-20-54)48(77)69-43(32(8)71)53(82)65-36(17-23-57)45(74)64-38-19-25-59-52(81)42(31(7)70)68-49(78)37(18-24-58)62-44(73)34(15-21-55)63-50(79)39(26-28(2)3)67-51(80)40(27-29(4)5)66-46(75)35(16-22-56)61-47(38)76;1-2(3)4/h28-40,42-43,70-71H,9-27,54-58H2,1-8H3,(H,59,81)(H,60,72)(H,61,76)(H,62,73)(H,63,79)(H,64,74)(H,65,82)(H,66,75)(H,67,80)(H,68,78)(H,69,77);1H3,(H,3,4)/t30-,31+,32+,33-,34-,35-,36-,37-,38-,39-,40+,42-,43-;/m0./s1. The largest absolute Gasteiger partial charge is 0.481 e. The molecule has 0 radical (unpaired) electrons. The Labute approximate surface area is 505 Å². The summed E-state index contributed by atoms with van der Waals surface area (Å²) in [5.74, 6) is -10.3. The summed E-state index contributed by atoms with van der Waals surface area (Å²) >= 11 is 0. The van der Waals surface area contributed by atoms with Gasteiger partial charge in [0.15, 0.2) is 0 Å². The van der Waals surface area contributed by atoms with Crippen molar-refractivity contribution in [1.29, 1.82) is 0 Å². The summed E-state index contributed by atoms with van der Waals surface area (Å²) in [6.07, 6.45) is -0.760. The van der Waals surface area contributed by atoms with Gasteiger partial charge in [0.05, 0.1) is 12.2 Å². The zero-order valence-electron chi connectivity index (χ0n) is 51.7. The molecule has 0 aromatic rings. The molecule has 13 atom stereocenters. The molecule has 0 aromatic heterocycles. The Hall–Kier alpha value is -6.64. The SMILES string of the molecule is CC(=O)O.CC[C@H](C)CCCCC(=O)N[C@@H](CCN)C(=O)N[C@H](C(=O)N[C@@H](CCN)C(=O)N[C@H]1CCNC(=O)[C@H]([C@@H](C)O)NC(=O)[C@H](CCN)NC(=O)[C@H](CCN)NC(=O)[C@H](CC(C)C)NC(=O)[C@@H](CC(C)C)NC(=O)[C@H](CCN)NC1=O)[C@@H](C)O. The lowest BCUT2D eigenvalue weighted by Gasteiger charge is -2.29. The quantitative estimate of drug-likeness (QED) is 0.0311. The van der Waals surface area contributed by atoms with Crippen molar-refractivity contribution < 1.29 is 72.9 Å². The number of unbranched alkanes of at least 4 members (excludes halogenated alkanes) is 1. The molecule has 1 heterocycles. The fraction of sp³-hybridized carbons (Fsp3) is 0.782. The van der Waals surface area contributed by atoms with Crippen LogP contribution in [-0.4, -0.2) is 198 Å². The van der Waals surface area contributed by atoms with Crippen molar-refractivity contribution in [3.8, 4) is 0 Å². The molecule has 1 aliphatic rings. The van der Waals surface area contributed by atoms with E-state index in [1.807, 2.05) is 0 Å². The van der Waals surface area contributed by atoms with E-state index < -0.39 is 157 Å². The number of rotatable bonds is 29. The third-order valence-electron chi connectivity index (χ3n) is 13.7. The van der Waals surface area contributed by atoms with Crippen LogP contribution in [0, 0.1) is 17.8 Å². The van der Waals surface area contributed by atoms with Crippen molar-refractivity contribution in [2.75, 3.05) is 39.3 Å². The van der Waals surface area contributed by atoms with Crippen LogP contribution >= 0.6 is 0 Å². The summed E-state index contributed by atoms with van der Waals surface area (Å²) in [6, 6.07) is -14.5. The van der Waals surface area contributed by atoms with Gasteiger partial charge in [-0.2, -0.15) is 0 Å². The van der Waals surface area contributed by atoms with Crippen molar-refractivity contribution >= 4 is 70.9 Å². The number of carboxylic acid groups (broad SMARTS) is 1. The fourth-order valence-corrected chi connectivity index (χ4v) is 8.76. The number of aliphatic hydroxyl groups is 2. The number of amides is 11. The molecule has 0 aromatic carbocycles. The van der Waals surface area contributed by atoms with E-state index in [-0.39, 0.29) is 95.9 Å². The zero-order valence-corrected chi connectivity index (χ0v) is 51.7. The van der Waals surface area contributed by atoms with Gasteiger partial charge in [0.2, 0.25) is 65.0 Å². The minimum Gasteiger partial charge on any atom is -0.481 e. The molecule has 0 saturated carbocycles. The minimum absolute atomic E-state index is 0.0131. The monoisotopic (exact) mass is 1230 g/mol. The molecular formula is C55H104N16O15. The third kappa shape index (κ3) is 31.7. The van der Waals surface area contributed by atoms with Gasteiger partial charge < -0.3 is 102 Å². The van der Waals surface area contributed by atoms with E-state index in [0.29, 0.717) is 12.3 Å². The van der Waals surface area contributed by atoms with E-state index in [1.54, 1.807) is 27.7 Å². The molecule has 11 amide bonds. The molecule has 0 spiro atoms. The van der Waals surface area contributed by atoms with Gasteiger partial charge in [-0.05, 0) is 122 Å². The van der Waals surface area contributed by atoms with E-state index in [1.165, 1.54) is 13.8 Å². The van der Waals surface area contributed by atoms with E-state index in [0.717, 1.165) is 26.2 Å². The Morgan fingerprint density at radius 2 is 0.953 bits per heavy atom. The van der Waals surface area contributed by atoms with Crippen LogP contribution in [-0.2, 0) is 57.5 Å².